The second-order valence-corrected chi connectivity index (χ2v) is 19.8. The third kappa shape index (κ3) is 4.27. The summed E-state index contributed by atoms with van der Waals surface area (Å²) < 4.78 is 5.49. The number of hydrogen-bond acceptors (Lipinski definition) is 0. The Morgan fingerprint density at radius 2 is 1.08 bits per heavy atom. The molecule has 11 aromatic rings. The summed E-state index contributed by atoms with van der Waals surface area (Å²) in [4.78, 5) is 0. The Bertz CT molecular complexity index is 3900. The van der Waals surface area contributed by atoms with Crippen molar-refractivity contribution in [1.29, 1.82) is 0 Å². The summed E-state index contributed by atoms with van der Waals surface area (Å²) in [7, 11) is 0. The lowest BCUT2D eigenvalue weighted by atomic mass is 9.33. The number of aromatic nitrogens is 2. The highest BCUT2D eigenvalue weighted by Gasteiger charge is 2.54. The van der Waals surface area contributed by atoms with Gasteiger partial charge in [-0.2, -0.15) is 0 Å². The Morgan fingerprint density at radius 1 is 0.470 bits per heavy atom. The number of rotatable bonds is 6. The maximum atomic E-state index is 2.78. The molecular weight excluding hydrogens is 796 g/mol. The van der Waals surface area contributed by atoms with E-state index in [-0.39, 0.29) is 6.71 Å². The second-order valence-electron chi connectivity index (χ2n) is 19.8. The third-order valence-corrected chi connectivity index (χ3v) is 16.8. The maximum absolute atomic E-state index is 2.78. The zero-order chi connectivity index (χ0) is 43.7. The predicted molar refractivity (Wildman–Crippen MR) is 279 cm³/mol. The van der Waals surface area contributed by atoms with Crippen molar-refractivity contribution < 1.29 is 0 Å². The normalized spacial score (nSPS) is 15.1. The first-order valence-corrected chi connectivity index (χ1v) is 24.3. The third-order valence-electron chi connectivity index (χ3n) is 16.8. The van der Waals surface area contributed by atoms with Crippen LogP contribution in [0.15, 0.2) is 176 Å². The molecule has 312 valence electrons. The molecule has 15 rings (SSSR count). The maximum Gasteiger partial charge on any atom is 0.253 e. The first-order valence-electron chi connectivity index (χ1n) is 24.3. The summed E-state index contributed by atoms with van der Waals surface area (Å²) >= 11 is 0. The van der Waals surface area contributed by atoms with Gasteiger partial charge in [0.1, 0.15) is 0 Å². The van der Waals surface area contributed by atoms with Gasteiger partial charge in [-0.3, -0.25) is 0 Å². The summed E-state index contributed by atoms with van der Waals surface area (Å²) in [6, 6.07) is 68.4. The first kappa shape index (κ1) is 36.9. The highest BCUT2D eigenvalue weighted by atomic mass is 15.1. The minimum Gasteiger partial charge on any atom is -0.310 e. The molecule has 3 heteroatoms. The molecule has 3 aliphatic heterocycles. The van der Waals surface area contributed by atoms with E-state index in [1.54, 1.807) is 0 Å². The predicted octanol–water partition coefficient (Wildman–Crippen LogP) is 14.1. The molecule has 0 amide bonds. The van der Waals surface area contributed by atoms with Gasteiger partial charge in [-0.1, -0.05) is 179 Å². The van der Waals surface area contributed by atoms with Gasteiger partial charge in [0.05, 0.1) is 22.1 Å². The van der Waals surface area contributed by atoms with Gasteiger partial charge < -0.3 is 9.13 Å². The van der Waals surface area contributed by atoms with Crippen LogP contribution in [0.3, 0.4) is 0 Å². The van der Waals surface area contributed by atoms with Crippen LogP contribution in [0, 0.1) is 0 Å². The van der Waals surface area contributed by atoms with Gasteiger partial charge in [-0.05, 0) is 132 Å². The zero-order valence-electron chi connectivity index (χ0n) is 37.8. The van der Waals surface area contributed by atoms with Crippen molar-refractivity contribution >= 4 is 66.6 Å². The second kappa shape index (κ2) is 12.9. The lowest BCUT2D eigenvalue weighted by Gasteiger charge is -2.44. The van der Waals surface area contributed by atoms with Gasteiger partial charge in [0.2, 0.25) is 0 Å². The van der Waals surface area contributed by atoms with E-state index < -0.39 is 5.41 Å². The molecule has 0 radical (unpaired) electrons. The van der Waals surface area contributed by atoms with Crippen LogP contribution in [0.1, 0.15) is 85.8 Å². The summed E-state index contributed by atoms with van der Waals surface area (Å²) in [5.74, 6) is 0.822. The molecule has 0 N–H and O–H groups in total. The molecule has 2 nitrogen and oxygen atoms in total. The van der Waals surface area contributed by atoms with Crippen LogP contribution in [-0.2, 0) is 5.41 Å². The van der Waals surface area contributed by atoms with Crippen LogP contribution in [-0.4, -0.2) is 15.8 Å². The zero-order valence-corrected chi connectivity index (χ0v) is 37.8. The standard InChI is InChI=1S/C63H47BN2/c1-5-36(3)41-32-46-47-33-42(37(4)6-2)35-53-60(47)66-59(46)52(34-41)63(49-27-17-15-25-44(49)45-26-16-18-28-50(45)63)51-29-30-54-57(62(51)66)64(53)56-43-24-14-13-23-40(43)31-48-55(38-19-9-7-10-20-38)58(65(54)61(48)56)39-21-11-8-12-22-39/h7-37H,5-6H2,1-4H3. The van der Waals surface area contributed by atoms with E-state index in [1.165, 1.54) is 138 Å². The SMILES string of the molecule is CCC(C)c1cc2c3c(c1)c1cc(C(C)CC)cc4c1n3-c1c(ccc3c1B2c1c2ccccc2cc2c(-c5ccccc5)c(-c5ccccc5)n-3c12)C41c2ccccc2-c2ccccc21. The molecule has 0 bridgehead atoms. The molecule has 9 aromatic carbocycles. The van der Waals surface area contributed by atoms with E-state index in [0.29, 0.717) is 11.8 Å². The Kier molecular flexibility index (Phi) is 7.23. The van der Waals surface area contributed by atoms with Crippen molar-refractivity contribution in [2.75, 3.05) is 0 Å². The van der Waals surface area contributed by atoms with E-state index in [1.807, 2.05) is 0 Å². The molecule has 66 heavy (non-hydrogen) atoms. The van der Waals surface area contributed by atoms with E-state index in [9.17, 15) is 0 Å². The lowest BCUT2D eigenvalue weighted by Crippen LogP contribution is -2.60. The molecule has 0 saturated carbocycles. The van der Waals surface area contributed by atoms with Crippen LogP contribution in [0.2, 0.25) is 0 Å². The first-order chi connectivity index (χ1) is 32.5. The fraction of sp³-hybridized carbons (Fsp3) is 0.143. The van der Waals surface area contributed by atoms with Crippen molar-refractivity contribution in [2.45, 2.75) is 57.8 Å². The van der Waals surface area contributed by atoms with Gasteiger partial charge in [-0.25, -0.2) is 0 Å². The van der Waals surface area contributed by atoms with Gasteiger partial charge in [0, 0.05) is 38.6 Å². The van der Waals surface area contributed by atoms with E-state index in [2.05, 4.69) is 213 Å². The fourth-order valence-corrected chi connectivity index (χ4v) is 13.6. The minimum absolute atomic E-state index is 0.000964. The van der Waals surface area contributed by atoms with Crippen LogP contribution in [0.4, 0.5) is 0 Å². The van der Waals surface area contributed by atoms with Crippen LogP contribution in [0.25, 0.3) is 88.4 Å². The molecule has 2 atom stereocenters. The monoisotopic (exact) mass is 842 g/mol. The average molecular weight is 843 g/mol. The van der Waals surface area contributed by atoms with Crippen molar-refractivity contribution in [3.8, 4) is 44.9 Å². The Labute approximate surface area is 385 Å². The molecule has 2 unspecified atom stereocenters. The van der Waals surface area contributed by atoms with E-state index in [0.717, 1.165) is 12.8 Å². The molecule has 1 aliphatic carbocycles. The lowest BCUT2D eigenvalue weighted by molar-refractivity contribution is 0.717. The van der Waals surface area contributed by atoms with Gasteiger partial charge in [0.25, 0.3) is 6.71 Å². The topological polar surface area (TPSA) is 9.86 Å². The van der Waals surface area contributed by atoms with E-state index >= 15 is 0 Å². The molecule has 4 aliphatic rings. The summed E-state index contributed by atoms with van der Waals surface area (Å²) in [5, 5.41) is 6.73. The van der Waals surface area contributed by atoms with Gasteiger partial charge in [0.15, 0.2) is 0 Å². The summed E-state index contributed by atoms with van der Waals surface area (Å²) in [6.07, 6.45) is 2.17. The van der Waals surface area contributed by atoms with Gasteiger partial charge >= 0.3 is 0 Å². The minimum atomic E-state index is -0.520. The fourth-order valence-electron chi connectivity index (χ4n) is 13.6. The summed E-state index contributed by atoms with van der Waals surface area (Å²) in [6.45, 7) is 9.57. The quantitative estimate of drug-likeness (QED) is 0.148. The van der Waals surface area contributed by atoms with Crippen LogP contribution in [0.5, 0.6) is 0 Å². The van der Waals surface area contributed by atoms with Crippen molar-refractivity contribution in [3.63, 3.8) is 0 Å². The van der Waals surface area contributed by atoms with Crippen molar-refractivity contribution in [2.24, 2.45) is 0 Å². The molecule has 0 saturated heterocycles. The van der Waals surface area contributed by atoms with Crippen LogP contribution >= 0.6 is 0 Å². The Balaban J connectivity index is 1.23. The smallest absolute Gasteiger partial charge is 0.253 e. The van der Waals surface area contributed by atoms with Gasteiger partial charge in [-0.15, -0.1) is 0 Å². The number of nitrogens with zero attached hydrogens (tertiary/aromatic N) is 2. The number of fused-ring (bicyclic) bond motifs is 13. The van der Waals surface area contributed by atoms with Crippen molar-refractivity contribution in [1.82, 2.24) is 9.13 Å². The molecule has 5 heterocycles. The molecular formula is C63H47BN2. The largest absolute Gasteiger partial charge is 0.310 e. The Hall–Kier alpha value is -7.36. The molecule has 2 aromatic heterocycles. The molecule has 1 spiro atoms. The number of hydrogen-bond donors (Lipinski definition) is 0. The van der Waals surface area contributed by atoms with Crippen LogP contribution < -0.4 is 16.4 Å². The number of benzene rings is 9. The highest BCUT2D eigenvalue weighted by Crippen LogP contribution is 2.62. The Morgan fingerprint density at radius 3 is 1.77 bits per heavy atom. The molecule has 0 fully saturated rings. The summed E-state index contributed by atoms with van der Waals surface area (Å²) in [5.41, 5.74) is 26.7. The van der Waals surface area contributed by atoms with E-state index in [4.69, 9.17) is 0 Å². The average Bonchev–Trinajstić information content (AvgIpc) is 4.00. The highest BCUT2D eigenvalue weighted by molar-refractivity contribution is 7.01. The van der Waals surface area contributed by atoms with Crippen molar-refractivity contribution in [3.05, 3.63) is 209 Å².